The molecule has 3 rings (SSSR count). The number of nitrogens with zero attached hydrogens (tertiary/aromatic N) is 3. The minimum Gasteiger partial charge on any atom is -0.497 e. The van der Waals surface area contributed by atoms with E-state index in [0.717, 1.165) is 39.0 Å². The Morgan fingerprint density at radius 3 is 2.36 bits per heavy atom. The largest absolute Gasteiger partial charge is 0.497 e. The summed E-state index contributed by atoms with van der Waals surface area (Å²) < 4.78 is 11.8. The van der Waals surface area contributed by atoms with E-state index in [9.17, 15) is 0 Å². The van der Waals surface area contributed by atoms with Crippen LogP contribution in [0.1, 0.15) is 5.82 Å². The van der Waals surface area contributed by atoms with Crippen LogP contribution in [0.4, 0.5) is 11.5 Å². The normalized spacial score (nSPS) is 10.7. The summed E-state index contributed by atoms with van der Waals surface area (Å²) in [5.41, 5.74) is 1.92. The highest BCUT2D eigenvalue weighted by molar-refractivity contribution is 7.17. The third-order valence-electron chi connectivity index (χ3n) is 3.44. The molecule has 0 saturated carbocycles. The molecular weight excluding hydrogens is 298 g/mol. The number of thiophene rings is 1. The van der Waals surface area contributed by atoms with E-state index in [2.05, 4.69) is 9.97 Å². The van der Waals surface area contributed by atoms with Crippen molar-refractivity contribution in [2.75, 3.05) is 26.2 Å². The highest BCUT2D eigenvalue weighted by Crippen LogP contribution is 2.35. The summed E-state index contributed by atoms with van der Waals surface area (Å²) in [4.78, 5) is 11.1. The smallest absolute Gasteiger partial charge is 0.154 e. The van der Waals surface area contributed by atoms with E-state index >= 15 is 0 Å². The van der Waals surface area contributed by atoms with Gasteiger partial charge in [0.25, 0.3) is 0 Å². The summed E-state index contributed by atoms with van der Waals surface area (Å²) in [6, 6.07) is 7.78. The molecule has 1 aromatic carbocycles. The molecule has 114 valence electrons. The summed E-state index contributed by atoms with van der Waals surface area (Å²) in [6.45, 7) is 1.90. The lowest BCUT2D eigenvalue weighted by Crippen LogP contribution is -2.12. The second-order valence-electron chi connectivity index (χ2n) is 4.86. The maximum Gasteiger partial charge on any atom is 0.154 e. The van der Waals surface area contributed by atoms with E-state index in [4.69, 9.17) is 9.47 Å². The summed E-state index contributed by atoms with van der Waals surface area (Å²) in [5, 5.41) is 2.03. The first-order chi connectivity index (χ1) is 10.6. The molecule has 0 aliphatic carbocycles. The van der Waals surface area contributed by atoms with Crippen LogP contribution in [-0.2, 0) is 0 Å². The van der Waals surface area contributed by atoms with E-state index in [1.807, 2.05) is 48.5 Å². The second-order valence-corrected chi connectivity index (χ2v) is 5.78. The number of rotatable bonds is 4. The zero-order valence-corrected chi connectivity index (χ0v) is 13.8. The molecule has 3 aromatic rings. The average molecular weight is 315 g/mol. The Balaban J connectivity index is 2.13. The molecule has 2 aromatic heterocycles. The maximum atomic E-state index is 5.34. The Hall–Kier alpha value is -2.34. The lowest BCUT2D eigenvalue weighted by molar-refractivity contribution is 0.394. The van der Waals surface area contributed by atoms with Gasteiger partial charge in [-0.2, -0.15) is 0 Å². The van der Waals surface area contributed by atoms with Crippen LogP contribution in [0.15, 0.2) is 29.6 Å². The van der Waals surface area contributed by atoms with Crippen molar-refractivity contribution in [3.05, 3.63) is 35.5 Å². The van der Waals surface area contributed by atoms with E-state index in [0.29, 0.717) is 0 Å². The summed E-state index contributed by atoms with van der Waals surface area (Å²) in [6.07, 6.45) is 0. The van der Waals surface area contributed by atoms with Crippen LogP contribution < -0.4 is 14.4 Å². The second kappa shape index (κ2) is 5.81. The van der Waals surface area contributed by atoms with Crippen molar-refractivity contribution in [2.45, 2.75) is 6.92 Å². The summed E-state index contributed by atoms with van der Waals surface area (Å²) in [7, 11) is 5.27. The van der Waals surface area contributed by atoms with Crippen LogP contribution in [0.25, 0.3) is 10.2 Å². The van der Waals surface area contributed by atoms with Crippen molar-refractivity contribution < 1.29 is 9.47 Å². The molecule has 0 saturated heterocycles. The van der Waals surface area contributed by atoms with Gasteiger partial charge in [0, 0.05) is 30.9 Å². The van der Waals surface area contributed by atoms with Crippen LogP contribution in [0.2, 0.25) is 0 Å². The lowest BCUT2D eigenvalue weighted by Gasteiger charge is -2.20. The molecule has 0 amide bonds. The molecule has 0 bridgehead atoms. The van der Waals surface area contributed by atoms with Crippen LogP contribution >= 0.6 is 11.3 Å². The number of hydrogen-bond donors (Lipinski definition) is 0. The molecule has 0 N–H and O–H groups in total. The molecule has 6 heteroatoms. The average Bonchev–Trinajstić information content (AvgIpc) is 3.00. The van der Waals surface area contributed by atoms with Gasteiger partial charge in [0.15, 0.2) is 5.82 Å². The Bertz CT molecular complexity index is 794. The molecule has 0 unspecified atom stereocenters. The van der Waals surface area contributed by atoms with Gasteiger partial charge in [-0.3, -0.25) is 0 Å². The predicted molar refractivity (Wildman–Crippen MR) is 89.8 cm³/mol. The number of fused-ring (bicyclic) bond motifs is 1. The van der Waals surface area contributed by atoms with Crippen molar-refractivity contribution >= 4 is 33.1 Å². The zero-order chi connectivity index (χ0) is 15.7. The topological polar surface area (TPSA) is 47.5 Å². The van der Waals surface area contributed by atoms with Gasteiger partial charge < -0.3 is 14.4 Å². The van der Waals surface area contributed by atoms with Gasteiger partial charge in [0.05, 0.1) is 24.4 Å². The standard InChI is InChI=1S/C16H17N3O2S/c1-10-17-14-5-6-22-15(14)16(18-10)19(2)11-7-12(20-3)9-13(8-11)21-4/h5-9H,1-4H3. The summed E-state index contributed by atoms with van der Waals surface area (Å²) >= 11 is 1.64. The number of aryl methyl sites for hydroxylation is 1. The van der Waals surface area contributed by atoms with Crippen molar-refractivity contribution in [3.8, 4) is 11.5 Å². The van der Waals surface area contributed by atoms with Crippen LogP contribution in [-0.4, -0.2) is 31.2 Å². The van der Waals surface area contributed by atoms with Crippen LogP contribution in [0.5, 0.6) is 11.5 Å². The fourth-order valence-corrected chi connectivity index (χ4v) is 3.15. The first-order valence-electron chi connectivity index (χ1n) is 6.81. The van der Waals surface area contributed by atoms with Crippen LogP contribution in [0, 0.1) is 6.92 Å². The monoisotopic (exact) mass is 315 g/mol. The molecule has 0 aliphatic heterocycles. The first-order valence-corrected chi connectivity index (χ1v) is 7.69. The van der Waals surface area contributed by atoms with Gasteiger partial charge in [-0.15, -0.1) is 11.3 Å². The van der Waals surface area contributed by atoms with Gasteiger partial charge in [0.2, 0.25) is 0 Å². The Morgan fingerprint density at radius 1 is 1.05 bits per heavy atom. The van der Waals surface area contributed by atoms with E-state index < -0.39 is 0 Å². The third kappa shape index (κ3) is 2.57. The SMILES string of the molecule is COc1cc(OC)cc(N(C)c2nc(C)nc3ccsc23)c1. The van der Waals surface area contributed by atoms with Gasteiger partial charge in [-0.25, -0.2) is 9.97 Å². The number of hydrogen-bond acceptors (Lipinski definition) is 6. The van der Waals surface area contributed by atoms with Crippen molar-refractivity contribution in [2.24, 2.45) is 0 Å². The van der Waals surface area contributed by atoms with Gasteiger partial charge in [-0.1, -0.05) is 0 Å². The van der Waals surface area contributed by atoms with Gasteiger partial charge >= 0.3 is 0 Å². The molecule has 0 fully saturated rings. The lowest BCUT2D eigenvalue weighted by atomic mass is 10.2. The number of ether oxygens (including phenoxy) is 2. The molecule has 0 radical (unpaired) electrons. The zero-order valence-electron chi connectivity index (χ0n) is 13.0. The molecule has 22 heavy (non-hydrogen) atoms. The van der Waals surface area contributed by atoms with Crippen molar-refractivity contribution in [1.82, 2.24) is 9.97 Å². The molecule has 2 heterocycles. The third-order valence-corrected chi connectivity index (χ3v) is 4.34. The molecule has 0 spiro atoms. The van der Waals surface area contributed by atoms with Crippen molar-refractivity contribution in [3.63, 3.8) is 0 Å². The Labute approximate surface area is 133 Å². The number of aromatic nitrogens is 2. The highest BCUT2D eigenvalue weighted by atomic mass is 32.1. The van der Waals surface area contributed by atoms with E-state index in [1.54, 1.807) is 25.6 Å². The van der Waals surface area contributed by atoms with E-state index in [-0.39, 0.29) is 0 Å². The maximum absolute atomic E-state index is 5.34. The van der Waals surface area contributed by atoms with E-state index in [1.165, 1.54) is 0 Å². The fraction of sp³-hybridized carbons (Fsp3) is 0.250. The quantitative estimate of drug-likeness (QED) is 0.733. The van der Waals surface area contributed by atoms with Gasteiger partial charge in [-0.05, 0) is 18.4 Å². The molecule has 0 atom stereocenters. The molecular formula is C16H17N3O2S. The molecule has 5 nitrogen and oxygen atoms in total. The minimum atomic E-state index is 0.745. The highest BCUT2D eigenvalue weighted by Gasteiger charge is 2.14. The number of benzene rings is 1. The number of methoxy groups -OCH3 is 2. The minimum absolute atomic E-state index is 0.745. The summed E-state index contributed by atoms with van der Waals surface area (Å²) in [5.74, 6) is 3.12. The number of anilines is 2. The van der Waals surface area contributed by atoms with Crippen LogP contribution in [0.3, 0.4) is 0 Å². The van der Waals surface area contributed by atoms with Crippen molar-refractivity contribution in [1.29, 1.82) is 0 Å². The Kier molecular flexibility index (Phi) is 3.85. The van der Waals surface area contributed by atoms with Gasteiger partial charge in [0.1, 0.15) is 17.3 Å². The predicted octanol–water partition coefficient (Wildman–Crippen LogP) is 3.78. The first kappa shape index (κ1) is 14.6. The Morgan fingerprint density at radius 2 is 1.73 bits per heavy atom. The molecule has 0 aliphatic rings. The fourth-order valence-electron chi connectivity index (χ4n) is 2.30.